The minimum Gasteiger partial charge on any atom is -0.496 e. The maximum Gasteiger partial charge on any atom is 0.416 e. The number of aryl methyl sites for hydroxylation is 1. The van der Waals surface area contributed by atoms with Gasteiger partial charge in [-0.2, -0.15) is 13.2 Å². The number of hydrogen-bond acceptors (Lipinski definition) is 2. The van der Waals surface area contributed by atoms with E-state index in [0.29, 0.717) is 22.7 Å². The molecule has 2 N–H and O–H groups in total. The lowest BCUT2D eigenvalue weighted by Gasteiger charge is -2.10. The van der Waals surface area contributed by atoms with Gasteiger partial charge < -0.3 is 10.5 Å². The van der Waals surface area contributed by atoms with Gasteiger partial charge in [-0.05, 0) is 41.8 Å². The van der Waals surface area contributed by atoms with E-state index in [1.807, 2.05) is 25.1 Å². The van der Waals surface area contributed by atoms with Gasteiger partial charge in [-0.3, -0.25) is 4.99 Å². The largest absolute Gasteiger partial charge is 0.496 e. The van der Waals surface area contributed by atoms with E-state index >= 15 is 0 Å². The minimum atomic E-state index is -4.34. The summed E-state index contributed by atoms with van der Waals surface area (Å²) in [7, 11) is 1.55. The van der Waals surface area contributed by atoms with Crippen molar-refractivity contribution in [1.29, 1.82) is 0 Å². The van der Waals surface area contributed by atoms with E-state index in [2.05, 4.69) is 4.99 Å². The summed E-state index contributed by atoms with van der Waals surface area (Å²) in [5.41, 5.74) is 7.78. The number of nitrogens with two attached hydrogens (primary N) is 1. The fourth-order valence-electron chi connectivity index (χ4n) is 2.24. The zero-order chi connectivity index (χ0) is 17.7. The molecule has 0 bridgehead atoms. The first kappa shape index (κ1) is 17.8. The van der Waals surface area contributed by atoms with Gasteiger partial charge in [0.15, 0.2) is 0 Å². The van der Waals surface area contributed by atoms with Crippen molar-refractivity contribution in [3.63, 3.8) is 0 Å². The number of benzene rings is 2. The quantitative estimate of drug-likeness (QED) is 0.658. The summed E-state index contributed by atoms with van der Waals surface area (Å²) in [5, 5.41) is 0. The first-order valence-electron chi connectivity index (χ1n) is 7.48. The number of methoxy groups -OCH3 is 1. The molecular formula is C18H19F3N2O. The molecule has 0 atom stereocenters. The molecule has 0 aliphatic rings. The summed E-state index contributed by atoms with van der Waals surface area (Å²) in [6.07, 6.45) is -3.49. The van der Waals surface area contributed by atoms with E-state index in [9.17, 15) is 13.2 Å². The highest BCUT2D eigenvalue weighted by Crippen LogP contribution is 2.29. The fourth-order valence-corrected chi connectivity index (χ4v) is 2.24. The van der Waals surface area contributed by atoms with Crippen molar-refractivity contribution < 1.29 is 17.9 Å². The Bertz CT molecular complexity index is 722. The lowest BCUT2D eigenvalue weighted by molar-refractivity contribution is -0.137. The molecule has 0 amide bonds. The second-order valence-electron chi connectivity index (χ2n) is 5.28. The number of ether oxygens (including phenoxy) is 1. The molecule has 0 aromatic heterocycles. The molecule has 0 fully saturated rings. The van der Waals surface area contributed by atoms with Crippen LogP contribution in [0.3, 0.4) is 0 Å². The molecule has 0 radical (unpaired) electrons. The van der Waals surface area contributed by atoms with Crippen molar-refractivity contribution >= 4 is 5.84 Å². The molecule has 6 heteroatoms. The monoisotopic (exact) mass is 336 g/mol. The lowest BCUT2D eigenvalue weighted by atomic mass is 10.1. The summed E-state index contributed by atoms with van der Waals surface area (Å²) in [6.45, 7) is 2.23. The zero-order valence-corrected chi connectivity index (χ0v) is 13.5. The van der Waals surface area contributed by atoms with Gasteiger partial charge in [0, 0.05) is 0 Å². The topological polar surface area (TPSA) is 47.6 Å². The number of hydrogen-bond donors (Lipinski definition) is 1. The minimum absolute atomic E-state index is 0.198. The van der Waals surface area contributed by atoms with Crippen LogP contribution in [0.15, 0.2) is 47.5 Å². The zero-order valence-electron chi connectivity index (χ0n) is 13.5. The van der Waals surface area contributed by atoms with E-state index in [-0.39, 0.29) is 6.54 Å². The fraction of sp³-hybridized carbons (Fsp3) is 0.278. The van der Waals surface area contributed by atoms with Crippen molar-refractivity contribution in [1.82, 2.24) is 0 Å². The molecule has 0 heterocycles. The Morgan fingerprint density at radius 2 is 1.71 bits per heavy atom. The average molecular weight is 336 g/mol. The first-order valence-corrected chi connectivity index (χ1v) is 7.48. The predicted octanol–water partition coefficient (Wildman–Crippen LogP) is 4.18. The van der Waals surface area contributed by atoms with Crippen LogP contribution in [0.5, 0.6) is 5.75 Å². The van der Waals surface area contributed by atoms with Crippen LogP contribution >= 0.6 is 0 Å². The summed E-state index contributed by atoms with van der Waals surface area (Å²) in [4.78, 5) is 4.27. The third-order valence-electron chi connectivity index (χ3n) is 3.66. The van der Waals surface area contributed by atoms with Crippen LogP contribution in [-0.4, -0.2) is 12.9 Å². The van der Waals surface area contributed by atoms with Crippen molar-refractivity contribution in [2.45, 2.75) is 26.1 Å². The molecule has 0 saturated heterocycles. The van der Waals surface area contributed by atoms with E-state index in [1.54, 1.807) is 7.11 Å². The molecule has 128 valence electrons. The highest BCUT2D eigenvalue weighted by atomic mass is 19.4. The molecule has 2 rings (SSSR count). The Balaban J connectivity index is 2.20. The van der Waals surface area contributed by atoms with Crippen LogP contribution in [0.1, 0.15) is 29.2 Å². The van der Waals surface area contributed by atoms with Crippen molar-refractivity contribution in [3.05, 3.63) is 64.7 Å². The molecule has 2 aromatic rings. The van der Waals surface area contributed by atoms with Gasteiger partial charge >= 0.3 is 6.18 Å². The second-order valence-corrected chi connectivity index (χ2v) is 5.28. The van der Waals surface area contributed by atoms with E-state index in [0.717, 1.165) is 24.1 Å². The van der Waals surface area contributed by atoms with Gasteiger partial charge in [0.05, 0.1) is 24.8 Å². The van der Waals surface area contributed by atoms with Gasteiger partial charge in [0.2, 0.25) is 0 Å². The molecule has 2 aromatic carbocycles. The highest BCUT2D eigenvalue weighted by molar-refractivity contribution is 6.00. The maximum absolute atomic E-state index is 12.5. The molecule has 0 aliphatic heterocycles. The Labute approximate surface area is 139 Å². The number of alkyl halides is 3. The average Bonchev–Trinajstić information content (AvgIpc) is 2.58. The molecule has 0 saturated carbocycles. The van der Waals surface area contributed by atoms with Crippen molar-refractivity contribution in [3.8, 4) is 5.75 Å². The Kier molecular flexibility index (Phi) is 5.49. The van der Waals surface area contributed by atoms with Gasteiger partial charge in [0.1, 0.15) is 11.6 Å². The number of rotatable bonds is 5. The third kappa shape index (κ3) is 4.28. The molecule has 0 aliphatic carbocycles. The number of nitrogens with zero attached hydrogens (tertiary/aromatic N) is 1. The Hall–Kier alpha value is -2.50. The van der Waals surface area contributed by atoms with Crippen LogP contribution in [0.4, 0.5) is 13.2 Å². The van der Waals surface area contributed by atoms with Gasteiger partial charge in [-0.25, -0.2) is 0 Å². The van der Waals surface area contributed by atoms with E-state index in [4.69, 9.17) is 10.5 Å². The second kappa shape index (κ2) is 7.38. The summed E-state index contributed by atoms with van der Waals surface area (Å²) < 4.78 is 42.9. The maximum atomic E-state index is 12.5. The summed E-state index contributed by atoms with van der Waals surface area (Å²) in [6, 6.07) is 10.6. The molecular weight excluding hydrogens is 317 g/mol. The third-order valence-corrected chi connectivity index (χ3v) is 3.66. The standard InChI is InChI=1S/C18H19F3N2O/c1-3-12-6-9-16(24-2)15(10-12)17(22)23-11-13-4-7-14(8-5-13)18(19,20)21/h4-10H,3,11H2,1-2H3,(H2,22,23). The number of halogens is 3. The predicted molar refractivity (Wildman–Crippen MR) is 88.2 cm³/mol. The summed E-state index contributed by atoms with van der Waals surface area (Å²) >= 11 is 0. The molecule has 3 nitrogen and oxygen atoms in total. The molecule has 24 heavy (non-hydrogen) atoms. The van der Waals surface area contributed by atoms with Gasteiger partial charge in [-0.15, -0.1) is 0 Å². The molecule has 0 unspecified atom stereocenters. The summed E-state index contributed by atoms with van der Waals surface area (Å²) in [5.74, 6) is 0.905. The highest BCUT2D eigenvalue weighted by Gasteiger charge is 2.29. The van der Waals surface area contributed by atoms with Crippen molar-refractivity contribution in [2.75, 3.05) is 7.11 Å². The van der Waals surface area contributed by atoms with E-state index < -0.39 is 11.7 Å². The van der Waals surface area contributed by atoms with Crippen LogP contribution < -0.4 is 10.5 Å². The van der Waals surface area contributed by atoms with E-state index in [1.165, 1.54) is 12.1 Å². The number of amidine groups is 1. The molecule has 0 spiro atoms. The Morgan fingerprint density at radius 1 is 1.08 bits per heavy atom. The van der Waals surface area contributed by atoms with Crippen LogP contribution in [0.25, 0.3) is 0 Å². The SMILES string of the molecule is CCc1ccc(OC)c(C(N)=NCc2ccc(C(F)(F)F)cc2)c1. The van der Waals surface area contributed by atoms with Crippen LogP contribution in [0, 0.1) is 0 Å². The van der Waals surface area contributed by atoms with Crippen LogP contribution in [-0.2, 0) is 19.1 Å². The normalized spacial score (nSPS) is 12.3. The lowest BCUT2D eigenvalue weighted by Crippen LogP contribution is -2.15. The van der Waals surface area contributed by atoms with Crippen LogP contribution in [0.2, 0.25) is 0 Å². The van der Waals surface area contributed by atoms with Gasteiger partial charge in [-0.1, -0.05) is 25.1 Å². The smallest absolute Gasteiger partial charge is 0.416 e. The number of aliphatic imine (C=N–C) groups is 1. The first-order chi connectivity index (χ1) is 11.3. The van der Waals surface area contributed by atoms with Crippen molar-refractivity contribution in [2.24, 2.45) is 10.7 Å². The Morgan fingerprint density at radius 3 is 2.25 bits per heavy atom. The van der Waals surface area contributed by atoms with Gasteiger partial charge in [0.25, 0.3) is 0 Å².